The zero-order valence-electron chi connectivity index (χ0n) is 16.6. The minimum absolute atomic E-state index is 0.0627. The van der Waals surface area contributed by atoms with Crippen molar-refractivity contribution in [2.24, 2.45) is 7.05 Å². The summed E-state index contributed by atoms with van der Waals surface area (Å²) in [6.45, 7) is 8.58. The molecule has 0 spiro atoms. The molecule has 1 saturated heterocycles. The van der Waals surface area contributed by atoms with E-state index in [9.17, 15) is 4.79 Å². The van der Waals surface area contributed by atoms with E-state index in [1.165, 1.54) is 17.3 Å². The van der Waals surface area contributed by atoms with Crippen LogP contribution in [0.4, 0.5) is 5.95 Å². The van der Waals surface area contributed by atoms with Gasteiger partial charge in [0.05, 0.1) is 5.75 Å². The van der Waals surface area contributed by atoms with Gasteiger partial charge in [0.2, 0.25) is 11.9 Å². The maximum absolute atomic E-state index is 12.3. The Bertz CT molecular complexity index is 773. The number of piperidine rings is 1. The van der Waals surface area contributed by atoms with Gasteiger partial charge in [-0.3, -0.25) is 10.1 Å². The second-order valence-electron chi connectivity index (χ2n) is 8.05. The van der Waals surface area contributed by atoms with Crippen molar-refractivity contribution >= 4 is 23.6 Å². The second-order valence-corrected chi connectivity index (χ2v) is 9.10. The Morgan fingerprint density at radius 1 is 1.26 bits per heavy atom. The molecule has 3 rings (SSSR count). The molecule has 0 saturated carbocycles. The number of anilines is 1. The molecule has 6 nitrogen and oxygen atoms in total. The lowest BCUT2D eigenvalue weighted by molar-refractivity contribution is -0.113. The van der Waals surface area contributed by atoms with Gasteiger partial charge >= 0.3 is 0 Å². The number of aromatic nitrogens is 3. The number of benzene rings is 1. The Morgan fingerprint density at radius 2 is 1.93 bits per heavy atom. The smallest absolute Gasteiger partial charge is 0.237 e. The molecule has 0 unspecified atom stereocenters. The maximum atomic E-state index is 12.3. The number of rotatable bonds is 5. The number of nitrogens with one attached hydrogen (secondary N) is 2. The largest absolute Gasteiger partial charge is 0.317 e. The van der Waals surface area contributed by atoms with Gasteiger partial charge in [0.25, 0.3) is 0 Å². The first-order chi connectivity index (χ1) is 12.8. The minimum Gasteiger partial charge on any atom is -0.317 e. The molecule has 1 aromatic carbocycles. The molecular weight excluding hydrogens is 358 g/mol. The summed E-state index contributed by atoms with van der Waals surface area (Å²) in [6, 6.07) is 8.43. The summed E-state index contributed by atoms with van der Waals surface area (Å²) in [5, 5.41) is 10.7. The third kappa shape index (κ3) is 5.32. The van der Waals surface area contributed by atoms with Gasteiger partial charge in [0.1, 0.15) is 0 Å². The molecule has 2 aromatic rings. The van der Waals surface area contributed by atoms with Gasteiger partial charge in [0, 0.05) is 17.9 Å². The topological polar surface area (TPSA) is 71.8 Å². The van der Waals surface area contributed by atoms with Gasteiger partial charge in [-0.15, -0.1) is 11.8 Å². The summed E-state index contributed by atoms with van der Waals surface area (Å²) < 4.78 is 1.66. The maximum Gasteiger partial charge on any atom is 0.237 e. The second kappa shape index (κ2) is 8.44. The van der Waals surface area contributed by atoms with Gasteiger partial charge in [-0.25, -0.2) is 4.68 Å². The monoisotopic (exact) mass is 387 g/mol. The quantitative estimate of drug-likeness (QED) is 0.770. The third-order valence-corrected chi connectivity index (χ3v) is 5.84. The summed E-state index contributed by atoms with van der Waals surface area (Å²) in [5.74, 6) is 2.02. The summed E-state index contributed by atoms with van der Waals surface area (Å²) in [4.78, 5) is 18.0. The molecule has 2 N–H and O–H groups in total. The first kappa shape index (κ1) is 19.9. The zero-order valence-corrected chi connectivity index (χ0v) is 17.4. The standard InChI is InChI=1S/C20H29N5OS/c1-20(2,3)15-5-7-16(8-6-15)27-13-17(26)22-19-23-18(24-25(19)4)14-9-11-21-12-10-14/h5-8,14,21H,9-13H2,1-4H3,(H,22,23,24,26). The van der Waals surface area contributed by atoms with Gasteiger partial charge in [0.15, 0.2) is 5.82 Å². The van der Waals surface area contributed by atoms with Crippen LogP contribution < -0.4 is 10.6 Å². The Hall–Kier alpha value is -1.86. The number of hydrogen-bond donors (Lipinski definition) is 2. The van der Waals surface area contributed by atoms with Crippen LogP contribution >= 0.6 is 11.8 Å². The SMILES string of the molecule is Cn1nc(C2CCNCC2)nc1NC(=O)CSc1ccc(C(C)(C)C)cc1. The molecule has 2 heterocycles. The molecule has 0 radical (unpaired) electrons. The van der Waals surface area contributed by atoms with E-state index in [1.807, 2.05) is 7.05 Å². The van der Waals surface area contributed by atoms with Crippen LogP contribution in [-0.2, 0) is 17.3 Å². The number of amides is 1. The molecule has 1 fully saturated rings. The van der Waals surface area contributed by atoms with Crippen molar-refractivity contribution in [3.63, 3.8) is 0 Å². The minimum atomic E-state index is -0.0627. The lowest BCUT2D eigenvalue weighted by Gasteiger charge is -2.19. The van der Waals surface area contributed by atoms with E-state index in [4.69, 9.17) is 0 Å². The van der Waals surface area contributed by atoms with Gasteiger partial charge in [-0.1, -0.05) is 32.9 Å². The fraction of sp³-hybridized carbons (Fsp3) is 0.550. The van der Waals surface area contributed by atoms with Gasteiger partial charge in [-0.2, -0.15) is 10.1 Å². The molecular formula is C20H29N5OS. The lowest BCUT2D eigenvalue weighted by atomic mass is 9.87. The van der Waals surface area contributed by atoms with E-state index >= 15 is 0 Å². The Kier molecular flexibility index (Phi) is 6.22. The highest BCUT2D eigenvalue weighted by Crippen LogP contribution is 2.26. The summed E-state index contributed by atoms with van der Waals surface area (Å²) >= 11 is 1.53. The average molecular weight is 388 g/mol. The average Bonchev–Trinajstić information content (AvgIpc) is 3.01. The number of thioether (sulfide) groups is 1. The van der Waals surface area contributed by atoms with Gasteiger partial charge < -0.3 is 5.32 Å². The van der Waals surface area contributed by atoms with E-state index in [0.717, 1.165) is 36.7 Å². The van der Waals surface area contributed by atoms with E-state index in [-0.39, 0.29) is 11.3 Å². The third-order valence-electron chi connectivity index (χ3n) is 4.83. The Morgan fingerprint density at radius 3 is 2.56 bits per heavy atom. The highest BCUT2D eigenvalue weighted by Gasteiger charge is 2.21. The highest BCUT2D eigenvalue weighted by atomic mass is 32.2. The van der Waals surface area contributed by atoms with Crippen molar-refractivity contribution in [2.75, 3.05) is 24.2 Å². The van der Waals surface area contributed by atoms with Crippen LogP contribution in [0.25, 0.3) is 0 Å². The molecule has 1 amide bonds. The van der Waals surface area contributed by atoms with Gasteiger partial charge in [-0.05, 0) is 49.0 Å². The molecule has 27 heavy (non-hydrogen) atoms. The molecule has 146 valence electrons. The Balaban J connectivity index is 1.54. The van der Waals surface area contributed by atoms with Crippen LogP contribution in [0.3, 0.4) is 0 Å². The molecule has 7 heteroatoms. The first-order valence-electron chi connectivity index (χ1n) is 9.48. The fourth-order valence-electron chi connectivity index (χ4n) is 3.13. The predicted molar refractivity (Wildman–Crippen MR) is 110 cm³/mol. The van der Waals surface area contributed by atoms with Crippen molar-refractivity contribution in [1.82, 2.24) is 20.1 Å². The molecule has 1 aliphatic rings. The van der Waals surface area contributed by atoms with Crippen LogP contribution in [-0.4, -0.2) is 39.5 Å². The molecule has 0 atom stereocenters. The number of carbonyl (C=O) groups excluding carboxylic acids is 1. The van der Waals surface area contributed by atoms with Crippen molar-refractivity contribution in [2.45, 2.75) is 49.8 Å². The molecule has 1 aromatic heterocycles. The highest BCUT2D eigenvalue weighted by molar-refractivity contribution is 8.00. The van der Waals surface area contributed by atoms with Crippen molar-refractivity contribution in [3.05, 3.63) is 35.7 Å². The number of carbonyl (C=O) groups is 1. The van der Waals surface area contributed by atoms with E-state index < -0.39 is 0 Å². The molecule has 0 bridgehead atoms. The first-order valence-corrected chi connectivity index (χ1v) is 10.5. The summed E-state index contributed by atoms with van der Waals surface area (Å²) in [5.41, 5.74) is 1.43. The lowest BCUT2D eigenvalue weighted by Crippen LogP contribution is -2.27. The summed E-state index contributed by atoms with van der Waals surface area (Å²) in [6.07, 6.45) is 2.08. The van der Waals surface area contributed by atoms with Crippen LogP contribution in [0, 0.1) is 0 Å². The van der Waals surface area contributed by atoms with Crippen molar-refractivity contribution in [1.29, 1.82) is 0 Å². The Labute approximate surface area is 165 Å². The fourth-order valence-corrected chi connectivity index (χ4v) is 3.83. The zero-order chi connectivity index (χ0) is 19.4. The van der Waals surface area contributed by atoms with E-state index in [1.54, 1.807) is 4.68 Å². The molecule has 0 aliphatic carbocycles. The normalized spacial score (nSPS) is 15.7. The van der Waals surface area contributed by atoms with Crippen LogP contribution in [0.15, 0.2) is 29.2 Å². The number of hydrogen-bond acceptors (Lipinski definition) is 5. The van der Waals surface area contributed by atoms with Crippen molar-refractivity contribution < 1.29 is 4.79 Å². The van der Waals surface area contributed by atoms with Crippen LogP contribution in [0.2, 0.25) is 0 Å². The van der Waals surface area contributed by atoms with Crippen LogP contribution in [0.5, 0.6) is 0 Å². The van der Waals surface area contributed by atoms with Crippen molar-refractivity contribution in [3.8, 4) is 0 Å². The van der Waals surface area contributed by atoms with E-state index in [0.29, 0.717) is 17.6 Å². The van der Waals surface area contributed by atoms with E-state index in [2.05, 4.69) is 65.8 Å². The number of nitrogens with zero attached hydrogens (tertiary/aromatic N) is 3. The predicted octanol–water partition coefficient (Wildman–Crippen LogP) is 3.31. The molecule has 1 aliphatic heterocycles. The summed E-state index contributed by atoms with van der Waals surface area (Å²) in [7, 11) is 1.82. The van der Waals surface area contributed by atoms with Crippen LogP contribution in [0.1, 0.15) is 50.9 Å². The number of aryl methyl sites for hydroxylation is 1.